The molecule has 2 atom stereocenters. The summed E-state index contributed by atoms with van der Waals surface area (Å²) in [6.07, 6.45) is 2.10. The molecule has 3 rings (SSSR count). The van der Waals surface area contributed by atoms with Crippen LogP contribution >= 0.6 is 11.6 Å². The second-order valence-electron chi connectivity index (χ2n) is 5.46. The van der Waals surface area contributed by atoms with Gasteiger partial charge in [0.25, 0.3) is 0 Å². The molecule has 7 heteroatoms. The molecule has 0 aliphatic carbocycles. The van der Waals surface area contributed by atoms with E-state index in [-0.39, 0.29) is 23.9 Å². The normalized spacial score (nSPS) is 26.1. The molecule has 1 aromatic heterocycles. The van der Waals surface area contributed by atoms with Crippen LogP contribution in [0.4, 0.5) is 11.8 Å². The SMILES string of the molecule is Cc1nc(N)nc(N2C[C@@H]3CCCN3C(=O)[C@H]2C)c1Cl. The average molecular weight is 296 g/mol. The van der Waals surface area contributed by atoms with Crippen LogP contribution in [0.25, 0.3) is 0 Å². The van der Waals surface area contributed by atoms with E-state index in [0.717, 1.165) is 25.9 Å². The Labute approximate surface area is 122 Å². The highest BCUT2D eigenvalue weighted by Crippen LogP contribution is 2.33. The molecule has 3 heterocycles. The summed E-state index contributed by atoms with van der Waals surface area (Å²) < 4.78 is 0. The summed E-state index contributed by atoms with van der Waals surface area (Å²) in [5, 5.41) is 0.477. The van der Waals surface area contributed by atoms with Gasteiger partial charge in [-0.3, -0.25) is 4.79 Å². The summed E-state index contributed by atoms with van der Waals surface area (Å²) in [5.41, 5.74) is 6.36. The lowest BCUT2D eigenvalue weighted by atomic mass is 10.1. The number of aromatic nitrogens is 2. The Hall–Kier alpha value is -1.56. The molecule has 0 aromatic carbocycles. The minimum absolute atomic E-state index is 0.143. The summed E-state index contributed by atoms with van der Waals surface area (Å²) >= 11 is 6.31. The Kier molecular flexibility index (Phi) is 3.20. The summed E-state index contributed by atoms with van der Waals surface area (Å²) in [6.45, 7) is 5.30. The molecule has 108 valence electrons. The Morgan fingerprint density at radius 2 is 2.10 bits per heavy atom. The Morgan fingerprint density at radius 3 is 2.85 bits per heavy atom. The number of carbonyl (C=O) groups excluding carboxylic acids is 1. The lowest BCUT2D eigenvalue weighted by Gasteiger charge is -2.42. The zero-order valence-corrected chi connectivity index (χ0v) is 12.4. The van der Waals surface area contributed by atoms with Gasteiger partial charge in [-0.1, -0.05) is 11.6 Å². The van der Waals surface area contributed by atoms with E-state index in [2.05, 4.69) is 9.97 Å². The first kappa shape index (κ1) is 13.4. The van der Waals surface area contributed by atoms with Crippen molar-refractivity contribution in [1.82, 2.24) is 14.9 Å². The average Bonchev–Trinajstić information content (AvgIpc) is 2.86. The van der Waals surface area contributed by atoms with Crippen LogP contribution in [0, 0.1) is 6.92 Å². The third kappa shape index (κ3) is 1.98. The Balaban J connectivity index is 1.99. The minimum Gasteiger partial charge on any atom is -0.368 e. The molecule has 0 radical (unpaired) electrons. The van der Waals surface area contributed by atoms with Crippen LogP contribution in [0.15, 0.2) is 0 Å². The van der Waals surface area contributed by atoms with Crippen LogP contribution in [-0.2, 0) is 4.79 Å². The van der Waals surface area contributed by atoms with Gasteiger partial charge in [0.05, 0.1) is 5.69 Å². The summed E-state index contributed by atoms with van der Waals surface area (Å²) in [6, 6.07) is -0.0122. The number of nitrogens with two attached hydrogens (primary N) is 1. The maximum atomic E-state index is 12.4. The van der Waals surface area contributed by atoms with Gasteiger partial charge in [-0.2, -0.15) is 4.98 Å². The van der Waals surface area contributed by atoms with Crippen LogP contribution in [-0.4, -0.2) is 45.9 Å². The number of fused-ring (bicyclic) bond motifs is 1. The molecule has 2 saturated heterocycles. The molecule has 1 amide bonds. The van der Waals surface area contributed by atoms with Gasteiger partial charge in [0.2, 0.25) is 11.9 Å². The zero-order chi connectivity index (χ0) is 14.4. The molecule has 0 saturated carbocycles. The molecule has 2 aliphatic rings. The molecule has 0 unspecified atom stereocenters. The molecule has 6 nitrogen and oxygen atoms in total. The third-order valence-electron chi connectivity index (χ3n) is 4.18. The topological polar surface area (TPSA) is 75.3 Å². The number of hydrogen-bond donors (Lipinski definition) is 1. The minimum atomic E-state index is -0.268. The van der Waals surface area contributed by atoms with Crippen LogP contribution < -0.4 is 10.6 Å². The van der Waals surface area contributed by atoms with Crippen LogP contribution in [0.2, 0.25) is 5.02 Å². The van der Waals surface area contributed by atoms with Gasteiger partial charge >= 0.3 is 0 Å². The fourth-order valence-corrected chi connectivity index (χ4v) is 3.29. The first-order valence-electron chi connectivity index (χ1n) is 6.85. The molecular weight excluding hydrogens is 278 g/mol. The molecule has 2 fully saturated rings. The lowest BCUT2D eigenvalue weighted by Crippen LogP contribution is -2.59. The number of rotatable bonds is 1. The number of hydrogen-bond acceptors (Lipinski definition) is 5. The smallest absolute Gasteiger partial charge is 0.245 e. The van der Waals surface area contributed by atoms with Crippen LogP contribution in [0.1, 0.15) is 25.5 Å². The van der Waals surface area contributed by atoms with Crippen molar-refractivity contribution in [2.24, 2.45) is 0 Å². The molecule has 2 N–H and O–H groups in total. The van der Waals surface area contributed by atoms with E-state index in [1.165, 1.54) is 0 Å². The lowest BCUT2D eigenvalue weighted by molar-refractivity contribution is -0.134. The van der Waals surface area contributed by atoms with Gasteiger partial charge in [0.15, 0.2) is 5.82 Å². The molecule has 0 spiro atoms. The number of nitrogen functional groups attached to an aromatic ring is 1. The second kappa shape index (κ2) is 4.77. The van der Waals surface area contributed by atoms with E-state index in [4.69, 9.17) is 17.3 Å². The van der Waals surface area contributed by atoms with Gasteiger partial charge < -0.3 is 15.5 Å². The monoisotopic (exact) mass is 295 g/mol. The van der Waals surface area contributed by atoms with Gasteiger partial charge in [-0.15, -0.1) is 0 Å². The molecule has 1 aromatic rings. The van der Waals surface area contributed by atoms with Gasteiger partial charge in [0.1, 0.15) is 11.1 Å². The number of carbonyl (C=O) groups is 1. The van der Waals surface area contributed by atoms with Crippen molar-refractivity contribution in [2.75, 3.05) is 23.7 Å². The fourth-order valence-electron chi connectivity index (χ4n) is 3.10. The first-order valence-corrected chi connectivity index (χ1v) is 7.23. The fraction of sp³-hybridized carbons (Fsp3) is 0.615. The van der Waals surface area contributed by atoms with E-state index in [9.17, 15) is 4.79 Å². The number of anilines is 2. The first-order chi connectivity index (χ1) is 9.49. The van der Waals surface area contributed by atoms with E-state index in [0.29, 0.717) is 16.5 Å². The van der Waals surface area contributed by atoms with Gasteiger partial charge in [-0.05, 0) is 26.7 Å². The van der Waals surface area contributed by atoms with Crippen molar-refractivity contribution < 1.29 is 4.79 Å². The van der Waals surface area contributed by atoms with E-state index < -0.39 is 0 Å². The maximum absolute atomic E-state index is 12.4. The molecule has 2 aliphatic heterocycles. The number of nitrogens with zero attached hydrogens (tertiary/aromatic N) is 4. The largest absolute Gasteiger partial charge is 0.368 e. The number of piperazine rings is 1. The van der Waals surface area contributed by atoms with Crippen molar-refractivity contribution in [2.45, 2.75) is 38.8 Å². The predicted octanol–water partition coefficient (Wildman–Crippen LogP) is 1.22. The highest BCUT2D eigenvalue weighted by molar-refractivity contribution is 6.33. The zero-order valence-electron chi connectivity index (χ0n) is 11.6. The van der Waals surface area contributed by atoms with E-state index in [1.807, 2.05) is 16.7 Å². The number of halogens is 1. The summed E-state index contributed by atoms with van der Waals surface area (Å²) in [7, 11) is 0. The molecule has 0 bridgehead atoms. The van der Waals surface area contributed by atoms with Gasteiger partial charge in [0, 0.05) is 19.1 Å². The molecular formula is C13H18ClN5O. The highest BCUT2D eigenvalue weighted by Gasteiger charge is 2.41. The van der Waals surface area contributed by atoms with Crippen LogP contribution in [0.3, 0.4) is 0 Å². The number of amides is 1. The molecule has 20 heavy (non-hydrogen) atoms. The standard InChI is InChI=1S/C13H18ClN5O/c1-7-10(14)11(17-13(15)16-7)19-6-9-4-3-5-18(9)12(20)8(19)2/h8-9H,3-6H2,1-2H3,(H2,15,16,17)/t8-,9+/m1/s1. The Morgan fingerprint density at radius 1 is 1.35 bits per heavy atom. The quantitative estimate of drug-likeness (QED) is 0.843. The maximum Gasteiger partial charge on any atom is 0.245 e. The Bertz CT molecular complexity index is 564. The van der Waals surface area contributed by atoms with Crippen molar-refractivity contribution in [3.63, 3.8) is 0 Å². The van der Waals surface area contributed by atoms with Crippen LogP contribution in [0.5, 0.6) is 0 Å². The van der Waals surface area contributed by atoms with E-state index in [1.54, 1.807) is 6.92 Å². The van der Waals surface area contributed by atoms with Crippen molar-refractivity contribution in [3.05, 3.63) is 10.7 Å². The number of aryl methyl sites for hydroxylation is 1. The predicted molar refractivity (Wildman–Crippen MR) is 77.7 cm³/mol. The van der Waals surface area contributed by atoms with Crippen molar-refractivity contribution in [1.29, 1.82) is 0 Å². The van der Waals surface area contributed by atoms with Gasteiger partial charge in [-0.25, -0.2) is 4.98 Å². The van der Waals surface area contributed by atoms with Crippen molar-refractivity contribution >= 4 is 29.3 Å². The second-order valence-corrected chi connectivity index (χ2v) is 5.84. The highest BCUT2D eigenvalue weighted by atomic mass is 35.5. The summed E-state index contributed by atoms with van der Waals surface area (Å²) in [5.74, 6) is 0.907. The third-order valence-corrected chi connectivity index (χ3v) is 4.62. The van der Waals surface area contributed by atoms with Crippen molar-refractivity contribution in [3.8, 4) is 0 Å². The van der Waals surface area contributed by atoms with E-state index >= 15 is 0 Å². The summed E-state index contributed by atoms with van der Waals surface area (Å²) in [4.78, 5) is 24.7.